The van der Waals surface area contributed by atoms with E-state index in [-0.39, 0.29) is 11.7 Å². The molecule has 3 heterocycles. The SMILES string of the molecule is O=C1CCN(C(=O)c2ccc(CN3CCCCCC3)s2)CC1. The Morgan fingerprint density at radius 3 is 2.36 bits per heavy atom. The molecule has 0 atom stereocenters. The molecule has 4 nitrogen and oxygen atoms in total. The highest BCUT2D eigenvalue weighted by molar-refractivity contribution is 7.14. The van der Waals surface area contributed by atoms with E-state index in [1.54, 1.807) is 11.3 Å². The average molecular weight is 320 g/mol. The Morgan fingerprint density at radius 2 is 1.68 bits per heavy atom. The number of nitrogens with zero attached hydrogens (tertiary/aromatic N) is 2. The Labute approximate surface area is 136 Å². The van der Waals surface area contributed by atoms with Crippen molar-refractivity contribution < 1.29 is 9.59 Å². The van der Waals surface area contributed by atoms with Crippen LogP contribution < -0.4 is 0 Å². The maximum Gasteiger partial charge on any atom is 0.263 e. The lowest BCUT2D eigenvalue weighted by atomic mass is 10.1. The number of piperidine rings is 1. The van der Waals surface area contributed by atoms with E-state index in [0.717, 1.165) is 11.4 Å². The normalized spacial score (nSPS) is 20.9. The van der Waals surface area contributed by atoms with Gasteiger partial charge in [0, 0.05) is 37.4 Å². The topological polar surface area (TPSA) is 40.6 Å². The molecule has 3 rings (SSSR count). The van der Waals surface area contributed by atoms with Gasteiger partial charge < -0.3 is 4.90 Å². The molecule has 2 fully saturated rings. The van der Waals surface area contributed by atoms with Gasteiger partial charge in [-0.3, -0.25) is 14.5 Å². The van der Waals surface area contributed by atoms with Crippen molar-refractivity contribution in [1.82, 2.24) is 9.80 Å². The van der Waals surface area contributed by atoms with Crippen molar-refractivity contribution >= 4 is 23.0 Å². The molecule has 1 aromatic heterocycles. The molecule has 1 amide bonds. The first kappa shape index (κ1) is 15.7. The molecule has 0 radical (unpaired) electrons. The Morgan fingerprint density at radius 1 is 1.00 bits per heavy atom. The lowest BCUT2D eigenvalue weighted by Gasteiger charge is -2.25. The Bertz CT molecular complexity index is 523. The minimum atomic E-state index is 0.0969. The minimum absolute atomic E-state index is 0.0969. The number of thiophene rings is 1. The average Bonchev–Trinajstić information content (AvgIpc) is 2.83. The van der Waals surface area contributed by atoms with Gasteiger partial charge >= 0.3 is 0 Å². The Kier molecular flexibility index (Phi) is 5.26. The molecule has 0 N–H and O–H groups in total. The molecular formula is C17H24N2O2S. The summed E-state index contributed by atoms with van der Waals surface area (Å²) in [5.41, 5.74) is 0. The molecule has 0 aromatic carbocycles. The van der Waals surface area contributed by atoms with Crippen LogP contribution in [-0.2, 0) is 11.3 Å². The summed E-state index contributed by atoms with van der Waals surface area (Å²) in [6, 6.07) is 4.05. The van der Waals surface area contributed by atoms with Gasteiger partial charge in [-0.1, -0.05) is 12.8 Å². The van der Waals surface area contributed by atoms with Crippen molar-refractivity contribution in [2.24, 2.45) is 0 Å². The quantitative estimate of drug-likeness (QED) is 0.860. The highest BCUT2D eigenvalue weighted by Crippen LogP contribution is 2.22. The van der Waals surface area contributed by atoms with Crippen LogP contribution in [0.25, 0.3) is 0 Å². The number of Topliss-reactive ketones (excluding diaryl/α,β-unsaturated/α-hetero) is 1. The first-order chi connectivity index (χ1) is 10.7. The van der Waals surface area contributed by atoms with E-state index in [4.69, 9.17) is 0 Å². The van der Waals surface area contributed by atoms with Crippen LogP contribution >= 0.6 is 11.3 Å². The largest absolute Gasteiger partial charge is 0.337 e. The molecular weight excluding hydrogens is 296 g/mol. The molecule has 0 saturated carbocycles. The zero-order chi connectivity index (χ0) is 15.4. The summed E-state index contributed by atoms with van der Waals surface area (Å²) < 4.78 is 0. The number of ketones is 1. The van der Waals surface area contributed by atoms with Crippen molar-refractivity contribution in [3.63, 3.8) is 0 Å². The van der Waals surface area contributed by atoms with Crippen LogP contribution in [0.5, 0.6) is 0 Å². The number of rotatable bonds is 3. The predicted molar refractivity (Wildman–Crippen MR) is 88.2 cm³/mol. The fourth-order valence-electron chi connectivity index (χ4n) is 3.21. The van der Waals surface area contributed by atoms with Crippen LogP contribution in [0.2, 0.25) is 0 Å². The van der Waals surface area contributed by atoms with Crippen LogP contribution in [0.3, 0.4) is 0 Å². The molecule has 120 valence electrons. The molecule has 0 unspecified atom stereocenters. The monoisotopic (exact) mass is 320 g/mol. The lowest BCUT2D eigenvalue weighted by molar-refractivity contribution is -0.120. The molecule has 0 bridgehead atoms. The van der Waals surface area contributed by atoms with Crippen molar-refractivity contribution in [3.8, 4) is 0 Å². The van der Waals surface area contributed by atoms with Gasteiger partial charge in [-0.25, -0.2) is 0 Å². The molecule has 0 spiro atoms. The van der Waals surface area contributed by atoms with Gasteiger partial charge in [0.15, 0.2) is 0 Å². The number of hydrogen-bond acceptors (Lipinski definition) is 4. The van der Waals surface area contributed by atoms with Crippen molar-refractivity contribution in [2.75, 3.05) is 26.2 Å². The van der Waals surface area contributed by atoms with Crippen LogP contribution in [0, 0.1) is 0 Å². The van der Waals surface area contributed by atoms with Gasteiger partial charge in [0.05, 0.1) is 4.88 Å². The fraction of sp³-hybridized carbons (Fsp3) is 0.647. The molecule has 2 aliphatic rings. The fourth-order valence-corrected chi connectivity index (χ4v) is 4.23. The van der Waals surface area contributed by atoms with Crippen molar-refractivity contribution in [1.29, 1.82) is 0 Å². The van der Waals surface area contributed by atoms with Gasteiger partial charge in [-0.15, -0.1) is 11.3 Å². The van der Waals surface area contributed by atoms with E-state index in [0.29, 0.717) is 25.9 Å². The van der Waals surface area contributed by atoms with Gasteiger partial charge in [0.25, 0.3) is 5.91 Å². The lowest BCUT2D eigenvalue weighted by Crippen LogP contribution is -2.38. The second kappa shape index (κ2) is 7.38. The second-order valence-electron chi connectivity index (χ2n) is 6.29. The number of amides is 1. The summed E-state index contributed by atoms with van der Waals surface area (Å²) in [6.45, 7) is 4.48. The molecule has 22 heavy (non-hydrogen) atoms. The third-order valence-corrected chi connectivity index (χ3v) is 5.62. The van der Waals surface area contributed by atoms with E-state index in [1.807, 2.05) is 11.0 Å². The maximum absolute atomic E-state index is 12.5. The predicted octanol–water partition coefficient (Wildman–Crippen LogP) is 2.93. The highest BCUT2D eigenvalue weighted by Gasteiger charge is 2.23. The summed E-state index contributed by atoms with van der Waals surface area (Å²) in [6.07, 6.45) is 6.30. The summed E-state index contributed by atoms with van der Waals surface area (Å²) >= 11 is 1.62. The molecule has 2 saturated heterocycles. The molecule has 0 aliphatic carbocycles. The van der Waals surface area contributed by atoms with Crippen LogP contribution in [-0.4, -0.2) is 47.7 Å². The Hall–Kier alpha value is -1.20. The van der Waals surface area contributed by atoms with Gasteiger partial charge in [-0.05, 0) is 38.1 Å². The molecule has 1 aromatic rings. The number of carbonyl (C=O) groups excluding carboxylic acids is 2. The number of likely N-dealkylation sites (tertiary alicyclic amines) is 2. The van der Waals surface area contributed by atoms with E-state index in [1.165, 1.54) is 43.6 Å². The van der Waals surface area contributed by atoms with Gasteiger partial charge in [0.1, 0.15) is 5.78 Å². The zero-order valence-corrected chi connectivity index (χ0v) is 13.9. The van der Waals surface area contributed by atoms with Crippen LogP contribution in [0.4, 0.5) is 0 Å². The van der Waals surface area contributed by atoms with Gasteiger partial charge in [-0.2, -0.15) is 0 Å². The summed E-state index contributed by atoms with van der Waals surface area (Å²) in [5.74, 6) is 0.372. The second-order valence-corrected chi connectivity index (χ2v) is 7.46. The van der Waals surface area contributed by atoms with E-state index < -0.39 is 0 Å². The summed E-state index contributed by atoms with van der Waals surface area (Å²) in [4.78, 5) is 30.2. The maximum atomic E-state index is 12.5. The van der Waals surface area contributed by atoms with E-state index in [9.17, 15) is 9.59 Å². The van der Waals surface area contributed by atoms with Crippen LogP contribution in [0.15, 0.2) is 12.1 Å². The summed E-state index contributed by atoms with van der Waals surface area (Å²) in [5, 5.41) is 0. The number of carbonyl (C=O) groups is 2. The molecule has 2 aliphatic heterocycles. The highest BCUT2D eigenvalue weighted by atomic mass is 32.1. The summed E-state index contributed by atoms with van der Waals surface area (Å²) in [7, 11) is 0. The third-order valence-electron chi connectivity index (χ3n) is 4.56. The minimum Gasteiger partial charge on any atom is -0.337 e. The molecule has 5 heteroatoms. The zero-order valence-electron chi connectivity index (χ0n) is 13.1. The smallest absolute Gasteiger partial charge is 0.263 e. The first-order valence-corrected chi connectivity index (χ1v) is 9.16. The third kappa shape index (κ3) is 3.96. The Balaban J connectivity index is 1.58. The number of hydrogen-bond donors (Lipinski definition) is 0. The first-order valence-electron chi connectivity index (χ1n) is 8.34. The van der Waals surface area contributed by atoms with Crippen molar-refractivity contribution in [2.45, 2.75) is 45.1 Å². The van der Waals surface area contributed by atoms with Crippen molar-refractivity contribution in [3.05, 3.63) is 21.9 Å². The van der Waals surface area contributed by atoms with E-state index >= 15 is 0 Å². The standard InChI is InChI=1S/C17H24N2O2S/c20-14-7-11-19(12-8-14)17(21)16-6-5-15(22-16)13-18-9-3-1-2-4-10-18/h5-6H,1-4,7-13H2. The van der Waals surface area contributed by atoms with Gasteiger partial charge in [0.2, 0.25) is 0 Å². The van der Waals surface area contributed by atoms with Crippen LogP contribution in [0.1, 0.15) is 53.1 Å². The van der Waals surface area contributed by atoms with E-state index in [2.05, 4.69) is 11.0 Å².